The molecule has 0 aromatic heterocycles. The fourth-order valence-electron chi connectivity index (χ4n) is 2.59. The third-order valence-corrected chi connectivity index (χ3v) is 6.24. The largest absolute Gasteiger partial charge is 0.396 e. The molecule has 2 unspecified atom stereocenters. The highest BCUT2D eigenvalue weighted by Gasteiger charge is 2.30. The van der Waals surface area contributed by atoms with E-state index in [4.69, 9.17) is 5.73 Å². The van der Waals surface area contributed by atoms with Crippen LogP contribution < -0.4 is 10.5 Å². The second-order valence-corrected chi connectivity index (χ2v) is 7.80. The van der Waals surface area contributed by atoms with Gasteiger partial charge in [-0.3, -0.25) is 0 Å². The van der Waals surface area contributed by atoms with Gasteiger partial charge in [-0.25, -0.2) is 17.5 Å². The number of sulfonamides is 1. The summed E-state index contributed by atoms with van der Waals surface area (Å²) in [5.41, 5.74) is 5.22. The number of benzene rings is 1. The maximum atomic E-state index is 13.3. The van der Waals surface area contributed by atoms with E-state index in [2.05, 4.69) is 20.7 Å². The van der Waals surface area contributed by atoms with E-state index >= 15 is 0 Å². The van der Waals surface area contributed by atoms with Crippen LogP contribution in [0.5, 0.6) is 0 Å². The van der Waals surface area contributed by atoms with Gasteiger partial charge < -0.3 is 10.8 Å². The lowest BCUT2D eigenvalue weighted by Gasteiger charge is -2.30. The van der Waals surface area contributed by atoms with Crippen LogP contribution in [-0.4, -0.2) is 26.2 Å². The lowest BCUT2D eigenvalue weighted by atomic mass is 9.86. The van der Waals surface area contributed by atoms with Crippen molar-refractivity contribution in [1.82, 2.24) is 4.72 Å². The van der Waals surface area contributed by atoms with E-state index in [1.165, 1.54) is 0 Å². The van der Waals surface area contributed by atoms with Crippen molar-refractivity contribution in [3.05, 3.63) is 22.4 Å². The van der Waals surface area contributed by atoms with Crippen LogP contribution in [0.15, 0.2) is 21.5 Å². The molecule has 1 saturated carbocycles. The first-order chi connectivity index (χ1) is 9.85. The third kappa shape index (κ3) is 3.74. The molecule has 0 heterocycles. The van der Waals surface area contributed by atoms with Gasteiger partial charge in [0.05, 0.1) is 10.6 Å². The molecule has 8 heteroatoms. The molecule has 1 aromatic rings. The van der Waals surface area contributed by atoms with Crippen molar-refractivity contribution in [3.63, 3.8) is 0 Å². The van der Waals surface area contributed by atoms with Gasteiger partial charge in [-0.05, 0) is 46.8 Å². The topological polar surface area (TPSA) is 92.4 Å². The Kier molecular flexibility index (Phi) is 5.24. The normalized spacial score (nSPS) is 23.2. The molecule has 1 fully saturated rings. The van der Waals surface area contributed by atoms with Crippen LogP contribution in [0, 0.1) is 11.7 Å². The standard InChI is InChI=1S/C13H18BrFN2O3S/c14-9-5-10(15)11(16)6-13(9)21(19,20)17-12-4-2-1-3-8(12)7-18/h5-6,8,12,17-18H,1-4,7,16H2. The van der Waals surface area contributed by atoms with E-state index in [0.29, 0.717) is 6.42 Å². The number of aliphatic hydroxyl groups excluding tert-OH is 1. The van der Waals surface area contributed by atoms with E-state index in [-0.39, 0.29) is 33.6 Å². The zero-order valence-electron chi connectivity index (χ0n) is 11.4. The third-order valence-electron chi connectivity index (χ3n) is 3.79. The van der Waals surface area contributed by atoms with Gasteiger partial charge in [0.1, 0.15) is 5.82 Å². The molecule has 0 bridgehead atoms. The van der Waals surface area contributed by atoms with Gasteiger partial charge in [0.2, 0.25) is 10.0 Å². The van der Waals surface area contributed by atoms with Crippen molar-refractivity contribution in [3.8, 4) is 0 Å². The predicted octanol–water partition coefficient (Wildman–Crippen LogP) is 2.00. The van der Waals surface area contributed by atoms with Gasteiger partial charge in [-0.15, -0.1) is 0 Å². The van der Waals surface area contributed by atoms with Crippen molar-refractivity contribution in [2.45, 2.75) is 36.6 Å². The minimum Gasteiger partial charge on any atom is -0.396 e. The first-order valence-corrected chi connectivity index (χ1v) is 9.00. The predicted molar refractivity (Wildman–Crippen MR) is 81.7 cm³/mol. The molecule has 0 saturated heterocycles. The zero-order valence-corrected chi connectivity index (χ0v) is 13.8. The molecular weight excluding hydrogens is 363 g/mol. The highest BCUT2D eigenvalue weighted by atomic mass is 79.9. The van der Waals surface area contributed by atoms with Gasteiger partial charge in [0.15, 0.2) is 0 Å². The number of hydrogen-bond donors (Lipinski definition) is 3. The molecule has 0 spiro atoms. The quantitative estimate of drug-likeness (QED) is 0.696. The van der Waals surface area contributed by atoms with Crippen molar-refractivity contribution < 1.29 is 17.9 Å². The Morgan fingerprint density at radius 2 is 2.05 bits per heavy atom. The van der Waals surface area contributed by atoms with Crippen molar-refractivity contribution in [2.75, 3.05) is 12.3 Å². The Morgan fingerprint density at radius 3 is 2.71 bits per heavy atom. The molecule has 2 rings (SSSR count). The fraction of sp³-hybridized carbons (Fsp3) is 0.538. The molecule has 0 aliphatic heterocycles. The average molecular weight is 381 g/mol. The Hall–Kier alpha value is -0.700. The molecule has 1 aliphatic carbocycles. The molecule has 4 N–H and O–H groups in total. The van der Waals surface area contributed by atoms with E-state index in [1.807, 2.05) is 0 Å². The number of anilines is 1. The SMILES string of the molecule is Nc1cc(S(=O)(=O)NC2CCCCC2CO)c(Br)cc1F. The molecule has 1 aliphatic rings. The van der Waals surface area contributed by atoms with Crippen molar-refractivity contribution in [2.24, 2.45) is 5.92 Å². The Morgan fingerprint density at radius 1 is 1.38 bits per heavy atom. The van der Waals surface area contributed by atoms with E-state index in [9.17, 15) is 17.9 Å². The number of hydrogen-bond acceptors (Lipinski definition) is 4. The summed E-state index contributed by atoms with van der Waals surface area (Å²) in [6, 6.07) is 1.82. The minimum absolute atomic E-state index is 0.0556. The molecule has 21 heavy (non-hydrogen) atoms. The molecule has 0 amide bonds. The summed E-state index contributed by atoms with van der Waals surface area (Å²) in [7, 11) is -3.83. The van der Waals surface area contributed by atoms with Gasteiger partial charge in [-0.1, -0.05) is 12.8 Å². The van der Waals surface area contributed by atoms with Crippen molar-refractivity contribution >= 4 is 31.6 Å². The first kappa shape index (κ1) is 16.7. The first-order valence-electron chi connectivity index (χ1n) is 6.73. The lowest BCUT2D eigenvalue weighted by Crippen LogP contribution is -2.43. The summed E-state index contributed by atoms with van der Waals surface area (Å²) in [4.78, 5) is -0.0938. The van der Waals surface area contributed by atoms with E-state index < -0.39 is 15.8 Å². The smallest absolute Gasteiger partial charge is 0.242 e. The van der Waals surface area contributed by atoms with Crippen LogP contribution in [0.1, 0.15) is 25.7 Å². The van der Waals surface area contributed by atoms with Crippen LogP contribution in [0.4, 0.5) is 10.1 Å². The van der Waals surface area contributed by atoms with Crippen LogP contribution in [0.3, 0.4) is 0 Å². The summed E-state index contributed by atoms with van der Waals surface area (Å²) in [6.45, 7) is -0.0556. The number of nitrogens with two attached hydrogens (primary N) is 1. The fourth-order valence-corrected chi connectivity index (χ4v) is 4.98. The van der Waals surface area contributed by atoms with Gasteiger partial charge >= 0.3 is 0 Å². The van der Waals surface area contributed by atoms with Gasteiger partial charge in [0, 0.05) is 17.1 Å². The van der Waals surface area contributed by atoms with Gasteiger partial charge in [0.25, 0.3) is 0 Å². The maximum Gasteiger partial charge on any atom is 0.242 e. The molecule has 2 atom stereocenters. The number of nitrogens with one attached hydrogen (secondary N) is 1. The number of halogens is 2. The van der Waals surface area contributed by atoms with E-state index in [0.717, 1.165) is 31.4 Å². The number of aliphatic hydroxyl groups is 1. The van der Waals surface area contributed by atoms with E-state index in [1.54, 1.807) is 0 Å². The second kappa shape index (κ2) is 6.60. The average Bonchev–Trinajstić information content (AvgIpc) is 2.43. The monoisotopic (exact) mass is 380 g/mol. The Balaban J connectivity index is 2.28. The molecule has 5 nitrogen and oxygen atoms in total. The Labute approximate surface area is 131 Å². The minimum atomic E-state index is -3.83. The number of rotatable bonds is 4. The molecule has 0 radical (unpaired) electrons. The maximum absolute atomic E-state index is 13.3. The summed E-state index contributed by atoms with van der Waals surface area (Å²) in [6.07, 6.45) is 3.36. The van der Waals surface area contributed by atoms with Crippen LogP contribution in [0.25, 0.3) is 0 Å². The highest BCUT2D eigenvalue weighted by molar-refractivity contribution is 9.10. The summed E-state index contributed by atoms with van der Waals surface area (Å²) in [5, 5.41) is 9.35. The Bertz CT molecular complexity index is 624. The highest BCUT2D eigenvalue weighted by Crippen LogP contribution is 2.29. The van der Waals surface area contributed by atoms with Crippen molar-refractivity contribution in [1.29, 1.82) is 0 Å². The lowest BCUT2D eigenvalue weighted by molar-refractivity contribution is 0.164. The van der Waals surface area contributed by atoms with Gasteiger partial charge in [-0.2, -0.15) is 0 Å². The zero-order chi connectivity index (χ0) is 15.6. The molecule has 118 valence electrons. The van der Waals surface area contributed by atoms with Crippen LogP contribution in [-0.2, 0) is 10.0 Å². The molecular formula is C13H18BrFN2O3S. The summed E-state index contributed by atoms with van der Waals surface area (Å²) in [5.74, 6) is -0.767. The molecule has 1 aromatic carbocycles. The van der Waals surface area contributed by atoms with Crippen LogP contribution in [0.2, 0.25) is 0 Å². The summed E-state index contributed by atoms with van der Waals surface area (Å²) >= 11 is 3.05. The van der Waals surface area contributed by atoms with Crippen LogP contribution >= 0.6 is 15.9 Å². The number of nitrogen functional groups attached to an aromatic ring is 1. The second-order valence-electron chi connectivity index (χ2n) is 5.26. The summed E-state index contributed by atoms with van der Waals surface area (Å²) < 4.78 is 40.9.